The topological polar surface area (TPSA) is 76.1 Å². The molecular weight excluding hydrogens is 413 g/mol. The van der Waals surface area contributed by atoms with E-state index in [1.165, 1.54) is 26.4 Å². The molecule has 1 N–H and O–H groups in total. The molecule has 0 bridgehead atoms. The summed E-state index contributed by atoms with van der Waals surface area (Å²) in [6.45, 7) is 0. The van der Waals surface area contributed by atoms with Gasteiger partial charge in [0.05, 0.1) is 31.4 Å². The predicted molar refractivity (Wildman–Crippen MR) is 117 cm³/mol. The van der Waals surface area contributed by atoms with Gasteiger partial charge >= 0.3 is 0 Å². The number of Topliss-reactive ketones (excluding diaryl/α,β-unsaturated/α-hetero) is 1. The quantitative estimate of drug-likeness (QED) is 0.419. The summed E-state index contributed by atoms with van der Waals surface area (Å²) in [7, 11) is 2.96. The Hall–Kier alpha value is -3.35. The van der Waals surface area contributed by atoms with E-state index in [0.29, 0.717) is 17.1 Å². The van der Waals surface area contributed by atoms with Gasteiger partial charge in [0.1, 0.15) is 23.1 Å². The SMILES string of the molecule is COc1ccc(/C(O)=C2/C(=O)C(=O)N(C3CCCCC3)C2c2ccc(F)cc2)c(OC)c1. The fraction of sp³-hybridized carbons (Fsp3) is 0.360. The van der Waals surface area contributed by atoms with Gasteiger partial charge in [-0.05, 0) is 42.7 Å². The zero-order valence-corrected chi connectivity index (χ0v) is 18.1. The summed E-state index contributed by atoms with van der Waals surface area (Å²) >= 11 is 0. The van der Waals surface area contributed by atoms with Crippen LogP contribution in [0, 0.1) is 5.82 Å². The van der Waals surface area contributed by atoms with Crippen molar-refractivity contribution in [2.45, 2.75) is 44.2 Å². The number of hydrogen-bond acceptors (Lipinski definition) is 5. The third kappa shape index (κ3) is 3.83. The number of benzene rings is 2. The summed E-state index contributed by atoms with van der Waals surface area (Å²) in [4.78, 5) is 27.9. The van der Waals surface area contributed by atoms with Crippen molar-refractivity contribution >= 4 is 17.4 Å². The van der Waals surface area contributed by atoms with Gasteiger partial charge in [-0.1, -0.05) is 31.4 Å². The van der Waals surface area contributed by atoms with Crippen LogP contribution in [0.4, 0.5) is 4.39 Å². The molecule has 32 heavy (non-hydrogen) atoms. The average Bonchev–Trinajstić information content (AvgIpc) is 3.09. The zero-order valence-electron chi connectivity index (χ0n) is 18.1. The highest BCUT2D eigenvalue weighted by Crippen LogP contribution is 2.44. The third-order valence-corrected chi connectivity index (χ3v) is 6.30. The monoisotopic (exact) mass is 439 g/mol. The number of aliphatic hydroxyl groups is 1. The molecule has 2 aromatic rings. The zero-order chi connectivity index (χ0) is 22.8. The van der Waals surface area contributed by atoms with Gasteiger partial charge in [0.25, 0.3) is 11.7 Å². The van der Waals surface area contributed by atoms with Crippen molar-refractivity contribution in [3.63, 3.8) is 0 Å². The second-order valence-electron chi connectivity index (χ2n) is 8.12. The molecule has 0 radical (unpaired) electrons. The van der Waals surface area contributed by atoms with E-state index in [2.05, 4.69) is 0 Å². The van der Waals surface area contributed by atoms with Gasteiger partial charge in [0, 0.05) is 12.1 Å². The molecule has 1 unspecified atom stereocenters. The number of hydrogen-bond donors (Lipinski definition) is 1. The summed E-state index contributed by atoms with van der Waals surface area (Å²) in [5.74, 6) is -1.30. The lowest BCUT2D eigenvalue weighted by atomic mass is 9.91. The Bertz CT molecular complexity index is 1060. The van der Waals surface area contributed by atoms with Crippen LogP contribution in [0.3, 0.4) is 0 Å². The van der Waals surface area contributed by atoms with Gasteiger partial charge in [0.2, 0.25) is 0 Å². The molecule has 0 aromatic heterocycles. The summed E-state index contributed by atoms with van der Waals surface area (Å²) in [6, 6.07) is 9.61. The van der Waals surface area contributed by atoms with E-state index in [9.17, 15) is 19.1 Å². The van der Waals surface area contributed by atoms with Crippen LogP contribution >= 0.6 is 0 Å². The van der Waals surface area contributed by atoms with Crippen molar-refractivity contribution in [1.82, 2.24) is 4.90 Å². The lowest BCUT2D eigenvalue weighted by Gasteiger charge is -2.35. The van der Waals surface area contributed by atoms with Crippen molar-refractivity contribution in [1.29, 1.82) is 0 Å². The molecule has 7 heteroatoms. The molecule has 2 aromatic carbocycles. The molecular formula is C25H26FNO5. The Morgan fingerprint density at radius 1 is 1.00 bits per heavy atom. The lowest BCUT2D eigenvalue weighted by Crippen LogP contribution is -2.40. The molecule has 4 rings (SSSR count). The van der Waals surface area contributed by atoms with E-state index in [1.807, 2.05) is 0 Å². The normalized spacial score (nSPS) is 21.1. The van der Waals surface area contributed by atoms with E-state index >= 15 is 0 Å². The molecule has 168 valence electrons. The number of nitrogens with zero attached hydrogens (tertiary/aromatic N) is 1. The Morgan fingerprint density at radius 2 is 1.69 bits per heavy atom. The molecule has 0 spiro atoms. The first-order chi connectivity index (χ1) is 15.5. The minimum Gasteiger partial charge on any atom is -0.507 e. The second kappa shape index (κ2) is 9.02. The van der Waals surface area contributed by atoms with Crippen LogP contribution in [0.5, 0.6) is 11.5 Å². The molecule has 2 fully saturated rings. The fourth-order valence-corrected chi connectivity index (χ4v) is 4.70. The second-order valence-corrected chi connectivity index (χ2v) is 8.12. The standard InChI is InChI=1S/C25H26FNO5/c1-31-18-12-13-19(20(14-18)32-2)23(28)21-22(15-8-10-16(26)11-9-15)27(25(30)24(21)29)17-6-4-3-5-7-17/h8-14,17,22,28H,3-7H2,1-2H3/b23-21-. The number of methoxy groups -OCH3 is 2. The van der Waals surface area contributed by atoms with E-state index in [4.69, 9.17) is 9.47 Å². The van der Waals surface area contributed by atoms with Crippen LogP contribution in [0.1, 0.15) is 49.3 Å². The van der Waals surface area contributed by atoms with Gasteiger partial charge in [-0.25, -0.2) is 4.39 Å². The lowest BCUT2D eigenvalue weighted by molar-refractivity contribution is -0.141. The number of carbonyl (C=O) groups is 2. The number of carbonyl (C=O) groups excluding carboxylic acids is 2. The first-order valence-corrected chi connectivity index (χ1v) is 10.7. The molecule has 1 aliphatic heterocycles. The fourth-order valence-electron chi connectivity index (χ4n) is 4.70. The van der Waals surface area contributed by atoms with Crippen molar-refractivity contribution < 1.29 is 28.6 Å². The van der Waals surface area contributed by atoms with Crippen molar-refractivity contribution in [3.05, 3.63) is 65.0 Å². The Balaban J connectivity index is 1.89. The van der Waals surface area contributed by atoms with Crippen LogP contribution < -0.4 is 9.47 Å². The Morgan fingerprint density at radius 3 is 2.31 bits per heavy atom. The van der Waals surface area contributed by atoms with Gasteiger partial charge in [-0.15, -0.1) is 0 Å². The maximum Gasteiger partial charge on any atom is 0.295 e. The number of rotatable bonds is 5. The number of amides is 1. The maximum absolute atomic E-state index is 13.6. The van der Waals surface area contributed by atoms with Gasteiger partial charge < -0.3 is 19.5 Å². The first kappa shape index (κ1) is 21.9. The van der Waals surface area contributed by atoms with E-state index in [-0.39, 0.29) is 22.9 Å². The van der Waals surface area contributed by atoms with Gasteiger partial charge in [-0.2, -0.15) is 0 Å². The number of halogens is 1. The van der Waals surface area contributed by atoms with Gasteiger partial charge in [0.15, 0.2) is 0 Å². The summed E-state index contributed by atoms with van der Waals surface area (Å²) in [6.07, 6.45) is 4.60. The highest BCUT2D eigenvalue weighted by atomic mass is 19.1. The van der Waals surface area contributed by atoms with Crippen molar-refractivity contribution in [2.75, 3.05) is 14.2 Å². The number of ether oxygens (including phenoxy) is 2. The molecule has 1 atom stereocenters. The van der Waals surface area contributed by atoms with Crippen LogP contribution in [-0.4, -0.2) is 42.0 Å². The molecule has 6 nitrogen and oxygen atoms in total. The maximum atomic E-state index is 13.6. The summed E-state index contributed by atoms with van der Waals surface area (Å²) in [5.41, 5.74) is 0.836. The molecule has 1 heterocycles. The molecule has 1 aliphatic carbocycles. The summed E-state index contributed by atoms with van der Waals surface area (Å²) in [5, 5.41) is 11.3. The van der Waals surface area contributed by atoms with Crippen molar-refractivity contribution in [2.24, 2.45) is 0 Å². The van der Waals surface area contributed by atoms with Crippen LogP contribution in [0.25, 0.3) is 5.76 Å². The molecule has 2 aliphatic rings. The van der Waals surface area contributed by atoms with Gasteiger partial charge in [-0.3, -0.25) is 9.59 Å². The third-order valence-electron chi connectivity index (χ3n) is 6.30. The van der Waals surface area contributed by atoms with Crippen LogP contribution in [-0.2, 0) is 9.59 Å². The highest BCUT2D eigenvalue weighted by Gasteiger charge is 2.49. The average molecular weight is 439 g/mol. The van der Waals surface area contributed by atoms with E-state index < -0.39 is 23.5 Å². The molecule has 1 saturated carbocycles. The van der Waals surface area contributed by atoms with E-state index in [0.717, 1.165) is 32.1 Å². The highest BCUT2D eigenvalue weighted by molar-refractivity contribution is 6.46. The van der Waals surface area contributed by atoms with Crippen LogP contribution in [0.15, 0.2) is 48.0 Å². The number of likely N-dealkylation sites (tertiary alicyclic amines) is 1. The predicted octanol–water partition coefficient (Wildman–Crippen LogP) is 4.60. The Labute approximate surface area is 186 Å². The molecule has 1 amide bonds. The molecule has 1 saturated heterocycles. The first-order valence-electron chi connectivity index (χ1n) is 10.7. The minimum atomic E-state index is -0.800. The number of ketones is 1. The largest absolute Gasteiger partial charge is 0.507 e. The number of aliphatic hydroxyl groups excluding tert-OH is 1. The smallest absolute Gasteiger partial charge is 0.295 e. The van der Waals surface area contributed by atoms with Crippen molar-refractivity contribution in [3.8, 4) is 11.5 Å². The minimum absolute atomic E-state index is 0.0179. The van der Waals surface area contributed by atoms with E-state index in [1.54, 1.807) is 35.2 Å². The summed E-state index contributed by atoms with van der Waals surface area (Å²) < 4.78 is 24.2. The van der Waals surface area contributed by atoms with Crippen LogP contribution in [0.2, 0.25) is 0 Å². The Kier molecular flexibility index (Phi) is 6.17.